The minimum absolute atomic E-state index is 0.0316. The van der Waals surface area contributed by atoms with Crippen LogP contribution in [0.3, 0.4) is 0 Å². The predicted octanol–water partition coefficient (Wildman–Crippen LogP) is 2.54. The molecule has 1 aromatic rings. The van der Waals surface area contributed by atoms with Crippen molar-refractivity contribution in [3.05, 3.63) is 35.4 Å². The number of rotatable bonds is 3. The minimum Gasteiger partial charge on any atom is -0.338 e. The number of likely N-dealkylation sites (tertiary alicyclic amines) is 2. The van der Waals surface area contributed by atoms with Crippen LogP contribution in [-0.4, -0.2) is 95.9 Å². The van der Waals surface area contributed by atoms with Gasteiger partial charge in [-0.3, -0.25) is 14.5 Å². The van der Waals surface area contributed by atoms with Gasteiger partial charge in [-0.25, -0.2) is 8.78 Å². The Morgan fingerprint density at radius 1 is 0.970 bits per heavy atom. The van der Waals surface area contributed by atoms with E-state index in [-0.39, 0.29) is 23.3 Å². The number of hydrogen-bond donors (Lipinski definition) is 0. The van der Waals surface area contributed by atoms with Crippen LogP contribution >= 0.6 is 0 Å². The van der Waals surface area contributed by atoms with E-state index < -0.39 is 23.6 Å². The molecule has 1 aromatic carbocycles. The molecule has 0 aliphatic carbocycles. The van der Waals surface area contributed by atoms with E-state index in [0.29, 0.717) is 44.7 Å². The predicted molar refractivity (Wildman–Crippen MR) is 123 cm³/mol. The van der Waals surface area contributed by atoms with Gasteiger partial charge in [0.15, 0.2) is 0 Å². The molecule has 3 heterocycles. The molecule has 0 aromatic heterocycles. The highest BCUT2D eigenvalue weighted by Crippen LogP contribution is 2.39. The lowest BCUT2D eigenvalue weighted by Crippen LogP contribution is -2.54. The molecule has 4 rings (SSSR count). The van der Waals surface area contributed by atoms with Crippen LogP contribution in [0.4, 0.5) is 8.78 Å². The number of benzene rings is 1. The summed E-state index contributed by atoms with van der Waals surface area (Å²) in [5, 5.41) is 0. The SMILES string of the molecule is CN1CCN(C(=O)[C@@H]2CCCN2C(=O)[C@@H]2CN(C(C)(C)C)C[C@H]2c2ccc(F)cc2F)CC1. The summed E-state index contributed by atoms with van der Waals surface area (Å²) < 4.78 is 28.3. The maximum absolute atomic E-state index is 14.8. The quantitative estimate of drug-likeness (QED) is 0.693. The summed E-state index contributed by atoms with van der Waals surface area (Å²) in [5.74, 6) is -2.13. The Kier molecular flexibility index (Phi) is 6.78. The van der Waals surface area contributed by atoms with Gasteiger partial charge in [0.1, 0.15) is 17.7 Å². The first-order chi connectivity index (χ1) is 15.6. The summed E-state index contributed by atoms with van der Waals surface area (Å²) in [6, 6.07) is 3.18. The molecule has 3 aliphatic heterocycles. The van der Waals surface area contributed by atoms with E-state index in [0.717, 1.165) is 25.6 Å². The van der Waals surface area contributed by atoms with Gasteiger partial charge in [0.25, 0.3) is 0 Å². The lowest BCUT2D eigenvalue weighted by Gasteiger charge is -2.36. The fourth-order valence-corrected chi connectivity index (χ4v) is 5.46. The molecule has 0 radical (unpaired) electrons. The van der Waals surface area contributed by atoms with Crippen LogP contribution in [0.15, 0.2) is 18.2 Å². The zero-order valence-corrected chi connectivity index (χ0v) is 20.2. The topological polar surface area (TPSA) is 47.1 Å². The zero-order valence-electron chi connectivity index (χ0n) is 20.2. The summed E-state index contributed by atoms with van der Waals surface area (Å²) in [7, 11) is 2.04. The molecule has 3 aliphatic rings. The number of nitrogens with zero attached hydrogens (tertiary/aromatic N) is 4. The summed E-state index contributed by atoms with van der Waals surface area (Å²) in [5.41, 5.74) is 0.187. The van der Waals surface area contributed by atoms with Crippen LogP contribution < -0.4 is 0 Å². The monoisotopic (exact) mass is 462 g/mol. The van der Waals surface area contributed by atoms with Gasteiger partial charge in [-0.1, -0.05) is 6.07 Å². The molecule has 0 bridgehead atoms. The second kappa shape index (κ2) is 9.29. The van der Waals surface area contributed by atoms with Crippen molar-refractivity contribution in [2.45, 2.75) is 51.1 Å². The number of amides is 2. The molecule has 3 saturated heterocycles. The van der Waals surface area contributed by atoms with Crippen molar-refractivity contribution in [2.24, 2.45) is 5.92 Å². The molecule has 182 valence electrons. The smallest absolute Gasteiger partial charge is 0.245 e. The number of likely N-dealkylation sites (N-methyl/N-ethyl adjacent to an activating group) is 1. The first-order valence-corrected chi connectivity index (χ1v) is 12.0. The molecule has 6 nitrogen and oxygen atoms in total. The molecule has 2 amide bonds. The Balaban J connectivity index is 1.57. The average molecular weight is 463 g/mol. The van der Waals surface area contributed by atoms with Gasteiger partial charge in [-0.05, 0) is 52.3 Å². The third-order valence-corrected chi connectivity index (χ3v) is 7.58. The van der Waals surface area contributed by atoms with E-state index in [1.165, 1.54) is 12.1 Å². The average Bonchev–Trinajstić information content (AvgIpc) is 3.41. The van der Waals surface area contributed by atoms with Gasteiger partial charge in [-0.2, -0.15) is 0 Å². The molecule has 0 saturated carbocycles. The Hall–Kier alpha value is -2.06. The maximum Gasteiger partial charge on any atom is 0.245 e. The lowest BCUT2D eigenvalue weighted by atomic mass is 9.87. The van der Waals surface area contributed by atoms with E-state index in [2.05, 4.69) is 30.6 Å². The van der Waals surface area contributed by atoms with Gasteiger partial charge in [0.2, 0.25) is 11.8 Å². The van der Waals surface area contributed by atoms with Crippen molar-refractivity contribution in [1.82, 2.24) is 19.6 Å². The van der Waals surface area contributed by atoms with Crippen LogP contribution in [0.25, 0.3) is 0 Å². The highest BCUT2D eigenvalue weighted by atomic mass is 19.1. The number of hydrogen-bond acceptors (Lipinski definition) is 4. The Labute approximate surface area is 195 Å². The second-order valence-corrected chi connectivity index (χ2v) is 10.8. The summed E-state index contributed by atoms with van der Waals surface area (Å²) in [4.78, 5) is 35.2. The Morgan fingerprint density at radius 2 is 1.67 bits per heavy atom. The van der Waals surface area contributed by atoms with Crippen molar-refractivity contribution < 1.29 is 18.4 Å². The summed E-state index contributed by atoms with van der Waals surface area (Å²) >= 11 is 0. The van der Waals surface area contributed by atoms with Crippen molar-refractivity contribution in [3.8, 4) is 0 Å². The molecule has 3 fully saturated rings. The van der Waals surface area contributed by atoms with Gasteiger partial charge in [0, 0.05) is 63.3 Å². The van der Waals surface area contributed by atoms with E-state index in [4.69, 9.17) is 0 Å². The fourth-order valence-electron chi connectivity index (χ4n) is 5.46. The number of carbonyl (C=O) groups is 2. The van der Waals surface area contributed by atoms with Gasteiger partial charge < -0.3 is 14.7 Å². The van der Waals surface area contributed by atoms with Crippen molar-refractivity contribution >= 4 is 11.8 Å². The molecule has 0 spiro atoms. The standard InChI is InChI=1S/C25H36F2N4O2/c1-25(2,3)30-15-19(18-8-7-17(26)14-21(18)27)20(16-30)23(32)31-9-5-6-22(31)24(33)29-12-10-28(4)11-13-29/h7-8,14,19-20,22H,5-6,9-13,15-16H2,1-4H3/t19-,20+,22-/m0/s1. The minimum atomic E-state index is -0.623. The molecule has 8 heteroatoms. The maximum atomic E-state index is 14.8. The van der Waals surface area contributed by atoms with Gasteiger partial charge >= 0.3 is 0 Å². The zero-order chi connectivity index (χ0) is 23.9. The lowest BCUT2D eigenvalue weighted by molar-refractivity contribution is -0.147. The van der Waals surface area contributed by atoms with Gasteiger partial charge in [-0.15, -0.1) is 0 Å². The first-order valence-electron chi connectivity index (χ1n) is 12.0. The van der Waals surface area contributed by atoms with Crippen molar-refractivity contribution in [2.75, 3.05) is 52.9 Å². The van der Waals surface area contributed by atoms with Crippen LogP contribution in [-0.2, 0) is 9.59 Å². The van der Waals surface area contributed by atoms with Crippen LogP contribution in [0.2, 0.25) is 0 Å². The van der Waals surface area contributed by atoms with E-state index >= 15 is 0 Å². The highest BCUT2D eigenvalue weighted by Gasteiger charge is 2.47. The largest absolute Gasteiger partial charge is 0.338 e. The fraction of sp³-hybridized carbons (Fsp3) is 0.680. The molecule has 3 atom stereocenters. The molecular formula is C25H36F2N4O2. The van der Waals surface area contributed by atoms with Gasteiger partial charge in [0.05, 0.1) is 5.92 Å². The third-order valence-electron chi connectivity index (χ3n) is 7.58. The van der Waals surface area contributed by atoms with Crippen LogP contribution in [0.5, 0.6) is 0 Å². The first kappa shape index (κ1) is 24.1. The summed E-state index contributed by atoms with van der Waals surface area (Å²) in [6.45, 7) is 10.8. The van der Waals surface area contributed by atoms with E-state index in [1.54, 1.807) is 4.90 Å². The number of piperazine rings is 1. The summed E-state index contributed by atoms with van der Waals surface area (Å²) in [6.07, 6.45) is 1.46. The molecule has 0 unspecified atom stereocenters. The second-order valence-electron chi connectivity index (χ2n) is 10.8. The van der Waals surface area contributed by atoms with E-state index in [9.17, 15) is 18.4 Å². The van der Waals surface area contributed by atoms with Crippen LogP contribution in [0.1, 0.15) is 45.1 Å². The van der Waals surface area contributed by atoms with E-state index in [1.807, 2.05) is 11.9 Å². The number of carbonyl (C=O) groups excluding carboxylic acids is 2. The number of halogens is 2. The van der Waals surface area contributed by atoms with Crippen molar-refractivity contribution in [3.63, 3.8) is 0 Å². The molecular weight excluding hydrogens is 426 g/mol. The normalized spacial score (nSPS) is 27.4. The Morgan fingerprint density at radius 3 is 2.30 bits per heavy atom. The third kappa shape index (κ3) is 4.92. The van der Waals surface area contributed by atoms with Crippen LogP contribution in [0, 0.1) is 17.6 Å². The molecule has 0 N–H and O–H groups in total. The molecule has 33 heavy (non-hydrogen) atoms. The van der Waals surface area contributed by atoms with Crippen molar-refractivity contribution in [1.29, 1.82) is 0 Å². The Bertz CT molecular complexity index is 895. The highest BCUT2D eigenvalue weighted by molar-refractivity contribution is 5.90.